The fourth-order valence-electron chi connectivity index (χ4n) is 3.24. The van der Waals surface area contributed by atoms with Crippen molar-refractivity contribution >= 4 is 33.1 Å². The molecule has 0 N–H and O–H groups in total. The fourth-order valence-corrected chi connectivity index (χ4v) is 5.78. The lowest BCUT2D eigenvalue weighted by Gasteiger charge is -2.34. The second kappa shape index (κ2) is 8.14. The highest BCUT2D eigenvalue weighted by atomic mass is 32.2. The monoisotopic (exact) mass is 425 g/mol. The zero-order valence-corrected chi connectivity index (χ0v) is 17.7. The number of carbonyl (C=O) groups excluding carboxylic acids is 2. The smallest absolute Gasteiger partial charge is 0.248 e. The molecule has 3 heterocycles. The van der Waals surface area contributed by atoms with Gasteiger partial charge >= 0.3 is 0 Å². The van der Waals surface area contributed by atoms with E-state index in [1.165, 1.54) is 15.6 Å². The molecule has 10 heteroatoms. The van der Waals surface area contributed by atoms with E-state index in [2.05, 4.69) is 5.16 Å². The molecule has 2 aromatic heterocycles. The van der Waals surface area contributed by atoms with E-state index in [0.717, 1.165) is 4.88 Å². The summed E-state index contributed by atoms with van der Waals surface area (Å²) in [5, 5.41) is 3.71. The largest absolute Gasteiger partial charge is 0.360 e. The van der Waals surface area contributed by atoms with Crippen molar-refractivity contribution in [2.24, 2.45) is 0 Å². The first-order valence-corrected chi connectivity index (χ1v) is 11.3. The van der Waals surface area contributed by atoms with Crippen molar-refractivity contribution in [2.75, 3.05) is 26.2 Å². The molecule has 28 heavy (non-hydrogen) atoms. The average Bonchev–Trinajstić information content (AvgIpc) is 3.25. The van der Waals surface area contributed by atoms with Crippen LogP contribution in [0.15, 0.2) is 21.6 Å². The van der Waals surface area contributed by atoms with Crippen LogP contribution in [0.5, 0.6) is 0 Å². The quantitative estimate of drug-likeness (QED) is 0.658. The number of aryl methyl sites for hydroxylation is 3. The molecular weight excluding hydrogens is 402 g/mol. The molecule has 0 radical (unpaired) electrons. The van der Waals surface area contributed by atoms with E-state index in [9.17, 15) is 18.0 Å². The number of ketones is 1. The third-order valence-corrected chi connectivity index (χ3v) is 7.92. The van der Waals surface area contributed by atoms with E-state index in [1.54, 1.807) is 24.8 Å². The van der Waals surface area contributed by atoms with Crippen LogP contribution in [-0.4, -0.2) is 60.6 Å². The van der Waals surface area contributed by atoms with E-state index in [0.29, 0.717) is 23.7 Å². The molecule has 0 unspecified atom stereocenters. The van der Waals surface area contributed by atoms with E-state index < -0.39 is 10.0 Å². The first kappa shape index (κ1) is 20.7. The number of nitrogens with zero attached hydrogens (tertiary/aromatic N) is 3. The molecule has 0 saturated carbocycles. The molecule has 0 aliphatic carbocycles. The van der Waals surface area contributed by atoms with Gasteiger partial charge in [-0.15, -0.1) is 11.3 Å². The summed E-state index contributed by atoms with van der Waals surface area (Å²) in [7, 11) is -3.70. The first-order chi connectivity index (χ1) is 13.2. The molecule has 8 nitrogen and oxygen atoms in total. The molecule has 152 valence electrons. The van der Waals surface area contributed by atoms with Gasteiger partial charge < -0.3 is 9.42 Å². The summed E-state index contributed by atoms with van der Waals surface area (Å²) >= 11 is 1.43. The first-order valence-electron chi connectivity index (χ1n) is 9.00. The molecule has 2 aromatic rings. The van der Waals surface area contributed by atoms with Crippen LogP contribution in [0.3, 0.4) is 0 Å². The van der Waals surface area contributed by atoms with Gasteiger partial charge in [0.05, 0.1) is 4.88 Å². The Bertz CT molecular complexity index is 965. The molecular formula is C18H23N3O5S2. The lowest BCUT2D eigenvalue weighted by Crippen LogP contribution is -2.50. The van der Waals surface area contributed by atoms with Crippen LogP contribution in [0.4, 0.5) is 0 Å². The highest BCUT2D eigenvalue weighted by Gasteiger charge is 2.34. The van der Waals surface area contributed by atoms with Gasteiger partial charge in [-0.25, -0.2) is 8.42 Å². The van der Waals surface area contributed by atoms with Crippen molar-refractivity contribution in [2.45, 2.75) is 38.5 Å². The van der Waals surface area contributed by atoms with Crippen molar-refractivity contribution in [1.29, 1.82) is 0 Å². The Labute approximate surface area is 168 Å². The molecule has 1 amide bonds. The van der Waals surface area contributed by atoms with E-state index in [-0.39, 0.29) is 48.3 Å². The maximum atomic E-state index is 12.8. The summed E-state index contributed by atoms with van der Waals surface area (Å²) in [5.74, 6) is 0.0976. The number of hydrogen-bond donors (Lipinski definition) is 0. The van der Waals surface area contributed by atoms with Gasteiger partial charge in [-0.2, -0.15) is 4.31 Å². The minimum absolute atomic E-state index is 0.0360. The molecule has 3 rings (SSSR count). The van der Waals surface area contributed by atoms with Crippen LogP contribution in [0.2, 0.25) is 0 Å². The lowest BCUT2D eigenvalue weighted by atomic mass is 10.1. The number of sulfonamides is 1. The fraction of sp³-hybridized carbons (Fsp3) is 0.500. The van der Waals surface area contributed by atoms with Gasteiger partial charge in [-0.05, 0) is 32.9 Å². The van der Waals surface area contributed by atoms with Gasteiger partial charge in [0, 0.05) is 43.9 Å². The summed E-state index contributed by atoms with van der Waals surface area (Å²) in [4.78, 5) is 28.0. The minimum atomic E-state index is -3.70. The minimum Gasteiger partial charge on any atom is -0.360 e. The Hall–Kier alpha value is -2.04. The Morgan fingerprint density at radius 3 is 2.32 bits per heavy atom. The zero-order chi connectivity index (χ0) is 20.5. The van der Waals surface area contributed by atoms with Crippen molar-refractivity contribution in [3.8, 4) is 0 Å². The topological polar surface area (TPSA) is 101 Å². The molecule has 1 aliphatic heterocycles. The van der Waals surface area contributed by atoms with Crippen LogP contribution in [-0.2, 0) is 14.8 Å². The molecule has 1 fully saturated rings. The van der Waals surface area contributed by atoms with Gasteiger partial charge in [0.25, 0.3) is 0 Å². The number of hydrogen-bond acceptors (Lipinski definition) is 7. The molecule has 1 saturated heterocycles. The number of thiophene rings is 1. The number of rotatable bonds is 6. The lowest BCUT2D eigenvalue weighted by molar-refractivity contribution is -0.132. The van der Waals surface area contributed by atoms with Gasteiger partial charge in [0.2, 0.25) is 15.9 Å². The third kappa shape index (κ3) is 4.18. The summed E-state index contributed by atoms with van der Waals surface area (Å²) in [6.07, 6.45) is 0.294. The Balaban J connectivity index is 1.55. The van der Waals surface area contributed by atoms with Gasteiger partial charge in [0.1, 0.15) is 10.6 Å². The summed E-state index contributed by atoms with van der Waals surface area (Å²) in [6, 6.07) is 3.67. The number of carbonyl (C=O) groups is 2. The Morgan fingerprint density at radius 1 is 1.11 bits per heavy atom. The van der Waals surface area contributed by atoms with Crippen LogP contribution < -0.4 is 0 Å². The predicted octanol–water partition coefficient (Wildman–Crippen LogP) is 2.16. The van der Waals surface area contributed by atoms with E-state index in [1.807, 2.05) is 13.0 Å². The van der Waals surface area contributed by atoms with Gasteiger partial charge in [0.15, 0.2) is 11.5 Å². The maximum absolute atomic E-state index is 12.8. The summed E-state index contributed by atoms with van der Waals surface area (Å²) < 4.78 is 32.0. The van der Waals surface area contributed by atoms with Gasteiger partial charge in [-0.3, -0.25) is 9.59 Å². The number of piperazine rings is 1. The molecule has 1 aliphatic rings. The Kier molecular flexibility index (Phi) is 6.01. The number of amides is 1. The normalized spacial score (nSPS) is 15.8. The van der Waals surface area contributed by atoms with Crippen LogP contribution in [0, 0.1) is 20.8 Å². The number of Topliss-reactive ketones (excluding diaryl/α,β-unsaturated/α-hetero) is 1. The van der Waals surface area contributed by atoms with E-state index >= 15 is 0 Å². The highest BCUT2D eigenvalue weighted by molar-refractivity contribution is 7.89. The molecule has 0 bridgehead atoms. The van der Waals surface area contributed by atoms with Crippen LogP contribution >= 0.6 is 11.3 Å². The van der Waals surface area contributed by atoms with Crippen molar-refractivity contribution < 1.29 is 22.5 Å². The second-order valence-corrected chi connectivity index (χ2v) is 9.93. The van der Waals surface area contributed by atoms with Crippen LogP contribution in [0.25, 0.3) is 0 Å². The van der Waals surface area contributed by atoms with Gasteiger partial charge in [-0.1, -0.05) is 5.16 Å². The highest BCUT2D eigenvalue weighted by Crippen LogP contribution is 2.24. The number of aromatic nitrogens is 1. The third-order valence-electron chi connectivity index (χ3n) is 4.74. The van der Waals surface area contributed by atoms with Crippen LogP contribution in [0.1, 0.15) is 38.8 Å². The molecule has 0 atom stereocenters. The van der Waals surface area contributed by atoms with Crippen molar-refractivity contribution in [3.05, 3.63) is 33.3 Å². The maximum Gasteiger partial charge on any atom is 0.248 e. The van der Waals surface area contributed by atoms with Crippen molar-refractivity contribution in [3.63, 3.8) is 0 Å². The average molecular weight is 426 g/mol. The standard InChI is InChI=1S/C18H23N3O5S2/c1-12-4-6-16(27-12)15(22)5-7-17(23)20-8-10-21(11-9-20)28(24,25)18-13(2)19-26-14(18)3/h4,6H,5,7-11H2,1-3H3. The molecule has 0 spiro atoms. The van der Waals surface area contributed by atoms with E-state index in [4.69, 9.17) is 4.52 Å². The Morgan fingerprint density at radius 2 is 1.79 bits per heavy atom. The second-order valence-electron chi connectivity index (χ2n) is 6.77. The summed E-state index contributed by atoms with van der Waals surface area (Å²) in [6.45, 7) is 6.10. The summed E-state index contributed by atoms with van der Waals surface area (Å²) in [5.41, 5.74) is 0.332. The zero-order valence-electron chi connectivity index (χ0n) is 16.1. The van der Waals surface area contributed by atoms with Crippen molar-refractivity contribution in [1.82, 2.24) is 14.4 Å². The molecule has 0 aromatic carbocycles. The predicted molar refractivity (Wildman–Crippen MR) is 104 cm³/mol. The SMILES string of the molecule is Cc1ccc(C(=O)CCC(=O)N2CCN(S(=O)(=O)c3c(C)noc3C)CC2)s1.